The number of hydrogen-bond acceptors (Lipinski definition) is 6. The molecule has 0 bridgehead atoms. The van der Waals surface area contributed by atoms with Crippen molar-refractivity contribution in [2.45, 2.75) is 0 Å². The predicted octanol–water partition coefficient (Wildman–Crippen LogP) is 4.81. The van der Waals surface area contributed by atoms with Crippen molar-refractivity contribution in [2.75, 3.05) is 11.9 Å². The average Bonchev–Trinajstić information content (AvgIpc) is 3.26. The summed E-state index contributed by atoms with van der Waals surface area (Å²) in [5, 5.41) is 18.1. The quantitative estimate of drug-likeness (QED) is 0.419. The molecule has 0 atom stereocenters. The van der Waals surface area contributed by atoms with Crippen molar-refractivity contribution in [1.29, 1.82) is 5.26 Å². The van der Waals surface area contributed by atoms with Crippen LogP contribution in [-0.4, -0.2) is 23.4 Å². The van der Waals surface area contributed by atoms with E-state index in [9.17, 15) is 13.6 Å². The summed E-state index contributed by atoms with van der Waals surface area (Å²) in [5.74, 6) is -1.20. The van der Waals surface area contributed by atoms with Gasteiger partial charge >= 0.3 is 0 Å². The van der Waals surface area contributed by atoms with E-state index in [0.29, 0.717) is 33.1 Å². The summed E-state index contributed by atoms with van der Waals surface area (Å²) >= 11 is 1.22. The van der Waals surface area contributed by atoms with Gasteiger partial charge < -0.3 is 10.1 Å². The molecule has 1 aromatic heterocycles. The maximum Gasteiger partial charge on any atom is 0.262 e. The Balaban J connectivity index is 1.62. The summed E-state index contributed by atoms with van der Waals surface area (Å²) in [6, 6.07) is 17.4. The van der Waals surface area contributed by atoms with Crippen LogP contribution in [0.2, 0.25) is 0 Å². The van der Waals surface area contributed by atoms with Gasteiger partial charge in [-0.2, -0.15) is 10.4 Å². The lowest BCUT2D eigenvalue weighted by Gasteiger charge is -2.18. The molecule has 1 N–H and O–H groups in total. The highest BCUT2D eigenvalue weighted by Crippen LogP contribution is 2.33. The molecule has 172 valence electrons. The molecule has 1 aliphatic rings. The molecule has 4 aromatic rings. The van der Waals surface area contributed by atoms with E-state index in [1.54, 1.807) is 48.0 Å². The lowest BCUT2D eigenvalue weighted by Crippen LogP contribution is -2.25. The second-order valence-corrected chi connectivity index (χ2v) is 8.29. The van der Waals surface area contributed by atoms with E-state index in [2.05, 4.69) is 21.5 Å². The molecule has 0 saturated heterocycles. The number of rotatable bonds is 4. The zero-order valence-corrected chi connectivity index (χ0v) is 18.7. The molecule has 0 spiro atoms. The smallest absolute Gasteiger partial charge is 0.262 e. The van der Waals surface area contributed by atoms with Crippen molar-refractivity contribution in [3.63, 3.8) is 0 Å². The number of halogens is 2. The highest BCUT2D eigenvalue weighted by atomic mass is 32.1. The molecule has 10 heteroatoms. The van der Waals surface area contributed by atoms with Crippen LogP contribution in [0.15, 0.2) is 76.1 Å². The second kappa shape index (κ2) is 9.32. The first kappa shape index (κ1) is 22.2. The molecule has 0 saturated carbocycles. The van der Waals surface area contributed by atoms with Crippen molar-refractivity contribution in [1.82, 2.24) is 4.68 Å². The first-order valence-corrected chi connectivity index (χ1v) is 11.2. The summed E-state index contributed by atoms with van der Waals surface area (Å²) in [4.78, 5) is 16.4. The molecular formula is C25H15F2N5O2S. The third-order valence-electron chi connectivity index (χ3n) is 5.08. The number of benzene rings is 3. The highest BCUT2D eigenvalue weighted by molar-refractivity contribution is 7.07. The molecule has 0 radical (unpaired) electrons. The zero-order valence-electron chi connectivity index (χ0n) is 17.9. The first-order chi connectivity index (χ1) is 17.0. The molecule has 35 heavy (non-hydrogen) atoms. The van der Waals surface area contributed by atoms with Crippen LogP contribution in [0, 0.1) is 23.0 Å². The van der Waals surface area contributed by atoms with E-state index >= 15 is 0 Å². The number of aromatic nitrogens is 1. The summed E-state index contributed by atoms with van der Waals surface area (Å²) in [7, 11) is 0. The number of carbonyl (C=O) groups excluding carboxylic acids is 1. The number of nitriles is 1. The fourth-order valence-electron chi connectivity index (χ4n) is 3.37. The molecule has 0 unspecified atom stereocenters. The molecule has 2 heterocycles. The number of ether oxygens (including phenoxy) is 1. The molecule has 0 aliphatic carbocycles. The van der Waals surface area contributed by atoms with Crippen molar-refractivity contribution >= 4 is 34.8 Å². The zero-order chi connectivity index (χ0) is 24.4. The second-order valence-electron chi connectivity index (χ2n) is 7.45. The van der Waals surface area contributed by atoms with E-state index in [-0.39, 0.29) is 18.2 Å². The van der Waals surface area contributed by atoms with E-state index < -0.39 is 11.6 Å². The summed E-state index contributed by atoms with van der Waals surface area (Å²) < 4.78 is 34.6. The minimum Gasteiger partial charge on any atom is -0.482 e. The Kier molecular flexibility index (Phi) is 5.91. The number of nitrogens with one attached hydrogen (secondary N) is 1. The Morgan fingerprint density at radius 1 is 1.11 bits per heavy atom. The monoisotopic (exact) mass is 487 g/mol. The largest absolute Gasteiger partial charge is 0.482 e. The molecule has 3 aromatic carbocycles. The Morgan fingerprint density at radius 2 is 1.94 bits per heavy atom. The van der Waals surface area contributed by atoms with Gasteiger partial charge in [-0.1, -0.05) is 12.1 Å². The van der Waals surface area contributed by atoms with E-state index in [0.717, 1.165) is 17.7 Å². The van der Waals surface area contributed by atoms with E-state index in [1.165, 1.54) is 22.1 Å². The molecule has 0 fully saturated rings. The van der Waals surface area contributed by atoms with Crippen LogP contribution in [0.4, 0.5) is 20.2 Å². The summed E-state index contributed by atoms with van der Waals surface area (Å²) in [6.45, 7) is -0.0497. The normalized spacial score (nSPS) is 13.3. The van der Waals surface area contributed by atoms with Crippen molar-refractivity contribution in [2.24, 2.45) is 10.1 Å². The van der Waals surface area contributed by atoms with Gasteiger partial charge in [-0.3, -0.25) is 4.79 Å². The standard InChI is InChI=1S/C25H15F2N5O2S/c26-18-6-7-20(19(27)10-18)31-25-32(29-12-16-3-1-15(11-28)2-4-16)22(14-35-25)17-5-8-23-21(9-17)30-24(33)13-34-23/h1-10,12,14H,13H2,(H,30,33)/b29-12-,31-25?. The minimum atomic E-state index is -0.795. The molecule has 5 rings (SSSR count). The minimum absolute atomic E-state index is 0.0340. The fraction of sp³-hybridized carbons (Fsp3) is 0.0400. The number of carbonyl (C=O) groups is 1. The molecule has 1 amide bonds. The van der Waals surface area contributed by atoms with Gasteiger partial charge in [-0.15, -0.1) is 11.3 Å². The maximum atomic E-state index is 14.3. The van der Waals surface area contributed by atoms with Crippen LogP contribution in [0.3, 0.4) is 0 Å². The van der Waals surface area contributed by atoms with E-state index in [4.69, 9.17) is 10.00 Å². The first-order valence-electron chi connectivity index (χ1n) is 10.3. The van der Waals surface area contributed by atoms with Crippen molar-refractivity contribution in [3.8, 4) is 23.1 Å². The number of thiazole rings is 1. The maximum absolute atomic E-state index is 14.3. The molecule has 1 aliphatic heterocycles. The van der Waals surface area contributed by atoms with Gasteiger partial charge in [0, 0.05) is 17.0 Å². The topological polar surface area (TPSA) is 91.8 Å². The van der Waals surface area contributed by atoms with Crippen LogP contribution >= 0.6 is 11.3 Å². The Morgan fingerprint density at radius 3 is 2.71 bits per heavy atom. The Hall–Kier alpha value is -4.62. The third-order valence-corrected chi connectivity index (χ3v) is 5.90. The van der Waals surface area contributed by atoms with Crippen LogP contribution in [0.5, 0.6) is 5.75 Å². The van der Waals surface area contributed by atoms with Crippen LogP contribution in [0.1, 0.15) is 11.1 Å². The Labute approximate surface area is 201 Å². The Bertz CT molecular complexity index is 1580. The van der Waals surface area contributed by atoms with Gasteiger partial charge in [0.2, 0.25) is 4.80 Å². The van der Waals surface area contributed by atoms with Crippen LogP contribution < -0.4 is 14.9 Å². The van der Waals surface area contributed by atoms with Crippen LogP contribution in [0.25, 0.3) is 11.3 Å². The number of hydrogen-bond donors (Lipinski definition) is 1. The van der Waals surface area contributed by atoms with Gasteiger partial charge in [0.1, 0.15) is 17.3 Å². The molecular weight excluding hydrogens is 472 g/mol. The third kappa shape index (κ3) is 4.71. The fourth-order valence-corrected chi connectivity index (χ4v) is 4.22. The SMILES string of the molecule is N#Cc1ccc(/C=N\n2c(-c3ccc4c(c3)NC(=O)CO4)csc2=Nc2ccc(F)cc2F)cc1. The van der Waals surface area contributed by atoms with Crippen LogP contribution in [-0.2, 0) is 4.79 Å². The number of nitrogens with zero attached hydrogens (tertiary/aromatic N) is 4. The van der Waals surface area contributed by atoms with Gasteiger partial charge in [-0.05, 0) is 48.0 Å². The van der Waals surface area contributed by atoms with Gasteiger partial charge in [-0.25, -0.2) is 18.4 Å². The summed E-state index contributed by atoms with van der Waals surface area (Å²) in [5.41, 5.74) is 3.09. The highest BCUT2D eigenvalue weighted by Gasteiger charge is 2.18. The van der Waals surface area contributed by atoms with Crippen molar-refractivity contribution in [3.05, 3.63) is 93.6 Å². The number of amides is 1. The average molecular weight is 487 g/mol. The number of anilines is 1. The van der Waals surface area contributed by atoms with Gasteiger partial charge in [0.15, 0.2) is 12.4 Å². The lowest BCUT2D eigenvalue weighted by molar-refractivity contribution is -0.118. The number of fused-ring (bicyclic) bond motifs is 1. The molecule has 7 nitrogen and oxygen atoms in total. The predicted molar refractivity (Wildman–Crippen MR) is 128 cm³/mol. The van der Waals surface area contributed by atoms with Gasteiger partial charge in [0.25, 0.3) is 5.91 Å². The van der Waals surface area contributed by atoms with E-state index in [1.807, 2.05) is 6.07 Å². The van der Waals surface area contributed by atoms with Crippen molar-refractivity contribution < 1.29 is 18.3 Å². The summed E-state index contributed by atoms with van der Waals surface area (Å²) in [6.07, 6.45) is 1.58. The van der Waals surface area contributed by atoms with Gasteiger partial charge in [0.05, 0.1) is 29.2 Å². The lowest BCUT2D eigenvalue weighted by atomic mass is 10.1.